The Morgan fingerprint density at radius 1 is 1.31 bits per heavy atom. The van der Waals surface area contributed by atoms with Gasteiger partial charge in [-0.25, -0.2) is 9.97 Å². The van der Waals surface area contributed by atoms with E-state index in [0.29, 0.717) is 25.3 Å². The second kappa shape index (κ2) is 7.05. The van der Waals surface area contributed by atoms with Crippen LogP contribution in [0.4, 0.5) is 5.95 Å². The molecule has 3 heterocycles. The molecule has 1 N–H and O–H groups in total. The summed E-state index contributed by atoms with van der Waals surface area (Å²) < 4.78 is 7.48. The Morgan fingerprint density at radius 2 is 2.12 bits per heavy atom. The minimum atomic E-state index is -0.113. The number of hydrogen-bond donors (Lipinski definition) is 1. The molecular weight excluding hydrogens is 350 g/mol. The maximum Gasteiger partial charge on any atom is 0.251 e. The molecule has 1 fully saturated rings. The van der Waals surface area contributed by atoms with Gasteiger partial charge in [-0.3, -0.25) is 4.79 Å². The van der Waals surface area contributed by atoms with Gasteiger partial charge in [0.05, 0.1) is 30.8 Å². The smallest absolute Gasteiger partial charge is 0.251 e. The van der Waals surface area contributed by atoms with Crippen LogP contribution in [-0.2, 0) is 18.3 Å². The Bertz CT molecular complexity index is 942. The maximum atomic E-state index is 12.5. The van der Waals surface area contributed by atoms with Crippen molar-refractivity contribution in [1.82, 2.24) is 19.9 Å². The van der Waals surface area contributed by atoms with E-state index in [4.69, 9.17) is 9.72 Å². The zero-order valence-electron chi connectivity index (χ0n) is 14.9. The van der Waals surface area contributed by atoms with Crippen LogP contribution in [0.5, 0.6) is 0 Å². The van der Waals surface area contributed by atoms with Gasteiger partial charge in [0.1, 0.15) is 5.01 Å². The van der Waals surface area contributed by atoms with E-state index in [1.165, 1.54) is 0 Å². The molecule has 0 radical (unpaired) electrons. The Morgan fingerprint density at radius 3 is 2.85 bits per heavy atom. The van der Waals surface area contributed by atoms with Gasteiger partial charge in [0.15, 0.2) is 0 Å². The average molecular weight is 371 g/mol. The number of nitrogens with one attached hydrogen (secondary N) is 1. The van der Waals surface area contributed by atoms with Crippen molar-refractivity contribution in [3.8, 4) is 0 Å². The Hall–Kier alpha value is -2.45. The van der Waals surface area contributed by atoms with Gasteiger partial charge in [-0.05, 0) is 25.1 Å². The third-order valence-corrected chi connectivity index (χ3v) is 5.45. The molecule has 26 heavy (non-hydrogen) atoms. The summed E-state index contributed by atoms with van der Waals surface area (Å²) in [4.78, 5) is 23.8. The van der Waals surface area contributed by atoms with Crippen molar-refractivity contribution in [2.75, 3.05) is 31.2 Å². The van der Waals surface area contributed by atoms with Gasteiger partial charge in [-0.15, -0.1) is 11.3 Å². The number of benzene rings is 1. The molecule has 0 saturated carbocycles. The van der Waals surface area contributed by atoms with Crippen LogP contribution in [0.15, 0.2) is 23.6 Å². The summed E-state index contributed by atoms with van der Waals surface area (Å²) in [7, 11) is 2.00. The first-order chi connectivity index (χ1) is 12.6. The number of hydrogen-bond acceptors (Lipinski definition) is 6. The van der Waals surface area contributed by atoms with Crippen molar-refractivity contribution >= 4 is 34.2 Å². The highest BCUT2D eigenvalue weighted by molar-refractivity contribution is 7.09. The molecule has 1 aliphatic rings. The molecule has 1 amide bonds. The summed E-state index contributed by atoms with van der Waals surface area (Å²) in [5.41, 5.74) is 3.42. The summed E-state index contributed by atoms with van der Waals surface area (Å²) in [5, 5.41) is 5.81. The number of aryl methyl sites for hydroxylation is 2. The van der Waals surface area contributed by atoms with E-state index in [1.807, 2.05) is 37.6 Å². The minimum Gasteiger partial charge on any atom is -0.378 e. The maximum absolute atomic E-state index is 12.5. The van der Waals surface area contributed by atoms with Gasteiger partial charge in [-0.2, -0.15) is 0 Å². The molecule has 8 heteroatoms. The lowest BCUT2D eigenvalue weighted by molar-refractivity contribution is 0.0951. The number of morpholine rings is 1. The molecule has 0 bridgehead atoms. The van der Waals surface area contributed by atoms with Crippen molar-refractivity contribution in [2.45, 2.75) is 13.5 Å². The molecule has 7 nitrogen and oxygen atoms in total. The van der Waals surface area contributed by atoms with E-state index in [-0.39, 0.29) is 5.91 Å². The highest BCUT2D eigenvalue weighted by atomic mass is 32.1. The van der Waals surface area contributed by atoms with Crippen LogP contribution in [0, 0.1) is 6.92 Å². The van der Waals surface area contributed by atoms with E-state index in [1.54, 1.807) is 11.3 Å². The van der Waals surface area contributed by atoms with Gasteiger partial charge in [0.25, 0.3) is 5.91 Å². The highest BCUT2D eigenvalue weighted by Crippen LogP contribution is 2.23. The molecule has 136 valence electrons. The molecule has 0 unspecified atom stereocenters. The molecule has 1 aromatic carbocycles. The van der Waals surface area contributed by atoms with Gasteiger partial charge in [-0.1, -0.05) is 0 Å². The summed E-state index contributed by atoms with van der Waals surface area (Å²) in [6.07, 6.45) is 0. The predicted molar refractivity (Wildman–Crippen MR) is 102 cm³/mol. The summed E-state index contributed by atoms with van der Waals surface area (Å²) in [6.45, 7) is 5.48. The molecule has 2 aromatic heterocycles. The van der Waals surface area contributed by atoms with Crippen LogP contribution in [0.25, 0.3) is 11.0 Å². The van der Waals surface area contributed by atoms with E-state index in [2.05, 4.69) is 19.8 Å². The largest absolute Gasteiger partial charge is 0.378 e. The molecule has 0 spiro atoms. The first-order valence-electron chi connectivity index (χ1n) is 8.60. The van der Waals surface area contributed by atoms with Crippen LogP contribution in [0.3, 0.4) is 0 Å². The zero-order chi connectivity index (χ0) is 18.1. The Kier molecular flexibility index (Phi) is 4.60. The van der Waals surface area contributed by atoms with Crippen LogP contribution in [0.1, 0.15) is 21.1 Å². The summed E-state index contributed by atoms with van der Waals surface area (Å²) in [5.74, 6) is 0.803. The molecule has 4 rings (SSSR count). The van der Waals surface area contributed by atoms with Crippen LogP contribution >= 0.6 is 11.3 Å². The summed E-state index contributed by atoms with van der Waals surface area (Å²) >= 11 is 1.55. The van der Waals surface area contributed by atoms with E-state index in [0.717, 1.165) is 40.8 Å². The molecule has 1 aliphatic heterocycles. The molecule has 1 saturated heterocycles. The topological polar surface area (TPSA) is 72.3 Å². The number of carbonyl (C=O) groups is 1. The first-order valence-corrected chi connectivity index (χ1v) is 9.48. The fourth-order valence-corrected chi connectivity index (χ4v) is 3.83. The number of ether oxygens (including phenoxy) is 1. The number of anilines is 1. The number of rotatable bonds is 4. The standard InChI is InChI=1S/C18H21N5O2S/c1-12-11-26-16(20-12)10-19-17(24)13-3-4-15-14(9-13)21-18(22(15)2)23-5-7-25-8-6-23/h3-4,9,11H,5-8,10H2,1-2H3,(H,19,24). The average Bonchev–Trinajstić information content (AvgIpc) is 3.23. The van der Waals surface area contributed by atoms with Crippen LogP contribution in [0.2, 0.25) is 0 Å². The molecular formula is C18H21N5O2S. The van der Waals surface area contributed by atoms with Crippen LogP contribution < -0.4 is 10.2 Å². The molecule has 3 aromatic rings. The molecule has 0 aliphatic carbocycles. The van der Waals surface area contributed by atoms with E-state index in [9.17, 15) is 4.79 Å². The van der Waals surface area contributed by atoms with Gasteiger partial charge < -0.3 is 19.5 Å². The number of nitrogens with zero attached hydrogens (tertiary/aromatic N) is 4. The second-order valence-electron chi connectivity index (χ2n) is 6.34. The number of thiazole rings is 1. The van der Waals surface area contributed by atoms with Gasteiger partial charge >= 0.3 is 0 Å². The molecule has 0 atom stereocenters. The quantitative estimate of drug-likeness (QED) is 0.760. The minimum absolute atomic E-state index is 0.113. The lowest BCUT2D eigenvalue weighted by Crippen LogP contribution is -2.37. The third kappa shape index (κ3) is 3.30. The zero-order valence-corrected chi connectivity index (χ0v) is 15.7. The van der Waals surface area contributed by atoms with Crippen molar-refractivity contribution in [1.29, 1.82) is 0 Å². The monoisotopic (exact) mass is 371 g/mol. The number of carbonyl (C=O) groups excluding carboxylic acids is 1. The fraction of sp³-hybridized carbons (Fsp3) is 0.389. The number of fused-ring (bicyclic) bond motifs is 1. The van der Waals surface area contributed by atoms with E-state index >= 15 is 0 Å². The number of aromatic nitrogens is 3. The van der Waals surface area contributed by atoms with E-state index < -0.39 is 0 Å². The van der Waals surface area contributed by atoms with Crippen molar-refractivity contribution < 1.29 is 9.53 Å². The van der Waals surface area contributed by atoms with Gasteiger partial charge in [0, 0.05) is 36.8 Å². The second-order valence-corrected chi connectivity index (χ2v) is 7.28. The Balaban J connectivity index is 1.53. The Labute approximate surface area is 155 Å². The van der Waals surface area contributed by atoms with Crippen molar-refractivity contribution in [2.24, 2.45) is 7.05 Å². The first kappa shape index (κ1) is 17.0. The number of imidazole rings is 1. The van der Waals surface area contributed by atoms with Crippen molar-refractivity contribution in [3.63, 3.8) is 0 Å². The normalized spacial score (nSPS) is 14.8. The third-order valence-electron chi connectivity index (χ3n) is 4.48. The SMILES string of the molecule is Cc1csc(CNC(=O)c2ccc3c(c2)nc(N2CCOCC2)n3C)n1. The fourth-order valence-electron chi connectivity index (χ4n) is 3.12. The lowest BCUT2D eigenvalue weighted by atomic mass is 10.2. The van der Waals surface area contributed by atoms with Crippen molar-refractivity contribution in [3.05, 3.63) is 39.8 Å². The predicted octanol–water partition coefficient (Wildman–Crippen LogP) is 2.10. The number of amides is 1. The summed E-state index contributed by atoms with van der Waals surface area (Å²) in [6, 6.07) is 5.64. The highest BCUT2D eigenvalue weighted by Gasteiger charge is 2.18. The van der Waals surface area contributed by atoms with Gasteiger partial charge in [0.2, 0.25) is 5.95 Å². The lowest BCUT2D eigenvalue weighted by Gasteiger charge is -2.27. The van der Waals surface area contributed by atoms with Crippen LogP contribution in [-0.4, -0.2) is 46.7 Å².